The minimum atomic E-state index is -0.323. The van der Waals surface area contributed by atoms with Gasteiger partial charge in [-0.05, 0) is 58.3 Å². The van der Waals surface area contributed by atoms with Gasteiger partial charge in [0, 0.05) is 16.9 Å². The van der Waals surface area contributed by atoms with Crippen LogP contribution in [0.15, 0.2) is 55.7 Å². The summed E-state index contributed by atoms with van der Waals surface area (Å²) in [5.74, 6) is -0.227. The monoisotopic (exact) mass is 346 g/mol. The number of aliphatic imine (C=N–C) groups is 2. The minimum absolute atomic E-state index is 0.0101. The van der Waals surface area contributed by atoms with Gasteiger partial charge in [0.15, 0.2) is 0 Å². The quantitative estimate of drug-likeness (QED) is 0.657. The maximum Gasteiger partial charge on any atom is 0.420 e. The second-order valence-corrected chi connectivity index (χ2v) is 6.19. The highest BCUT2D eigenvalue weighted by molar-refractivity contribution is 7.93. The maximum atomic E-state index is 12.4. The molecule has 0 saturated carbocycles. The number of benzene rings is 1. The van der Waals surface area contributed by atoms with Crippen molar-refractivity contribution in [2.45, 2.75) is 11.8 Å². The van der Waals surface area contributed by atoms with E-state index in [1.165, 1.54) is 11.3 Å². The van der Waals surface area contributed by atoms with Gasteiger partial charge >= 0.3 is 17.8 Å². The smallest absolute Gasteiger partial charge is 0.325 e. The van der Waals surface area contributed by atoms with Crippen molar-refractivity contribution in [3.8, 4) is 0 Å². The molecule has 1 amide bonds. The second kappa shape index (κ2) is 6.41. The number of thiophene rings is 1. The van der Waals surface area contributed by atoms with E-state index in [9.17, 15) is 4.79 Å². The van der Waals surface area contributed by atoms with Crippen LogP contribution in [0.3, 0.4) is 0 Å². The fourth-order valence-corrected chi connectivity index (χ4v) is 3.00. The lowest BCUT2D eigenvalue weighted by atomic mass is 10.3. The molecule has 0 spiro atoms. The van der Waals surface area contributed by atoms with Crippen molar-refractivity contribution in [2.75, 3.05) is 0 Å². The molecule has 0 aliphatic carbocycles. The number of nitrogens with zero attached hydrogens (tertiary/aromatic N) is 4. The number of aryl methyl sites for hydroxylation is 1. The van der Waals surface area contributed by atoms with Gasteiger partial charge in [0.25, 0.3) is 0 Å². The van der Waals surface area contributed by atoms with E-state index in [2.05, 4.69) is 15.1 Å². The summed E-state index contributed by atoms with van der Waals surface area (Å²) >= 11 is 1.98. The lowest BCUT2D eigenvalue weighted by Gasteiger charge is -1.95. The highest BCUT2D eigenvalue weighted by Gasteiger charge is 2.31. The number of hydrogen-bond donors (Lipinski definition) is 2. The van der Waals surface area contributed by atoms with Crippen LogP contribution in [0, 0.1) is 6.92 Å². The fraction of sp³-hybridized carbons (Fsp3) is 0.0714. The van der Waals surface area contributed by atoms with Gasteiger partial charge in [0.05, 0.1) is 5.69 Å². The summed E-state index contributed by atoms with van der Waals surface area (Å²) in [6.45, 7) is 1.85. The van der Waals surface area contributed by atoms with Crippen LogP contribution in [0.5, 0.6) is 0 Å². The van der Waals surface area contributed by atoms with E-state index in [1.54, 1.807) is 24.3 Å². The van der Waals surface area contributed by atoms with E-state index >= 15 is 0 Å². The molecule has 3 rings (SSSR count). The topological polar surface area (TPSA) is 103 Å². The first-order valence-corrected chi connectivity index (χ1v) is 8.18. The SMILES string of the molecule is Cc1ccsc1C(=O)[N+]1=NC(=Nc2ccc(SO)cc2)N=C1N. The average molecular weight is 346 g/mol. The van der Waals surface area contributed by atoms with Crippen molar-refractivity contribution in [3.63, 3.8) is 0 Å². The first kappa shape index (κ1) is 15.5. The third-order valence-electron chi connectivity index (χ3n) is 3.04. The molecule has 7 nitrogen and oxygen atoms in total. The van der Waals surface area contributed by atoms with Crippen LogP contribution in [-0.2, 0) is 0 Å². The van der Waals surface area contributed by atoms with Gasteiger partial charge in [-0.1, -0.05) is 4.70 Å². The van der Waals surface area contributed by atoms with E-state index in [0.717, 1.165) is 10.3 Å². The van der Waals surface area contributed by atoms with Crippen molar-refractivity contribution >= 4 is 46.9 Å². The number of nitrogens with two attached hydrogens (primary N) is 1. The molecule has 0 atom stereocenters. The molecule has 2 aromatic rings. The molecular formula is C14H12N5O2S2+. The first-order valence-electron chi connectivity index (χ1n) is 6.53. The van der Waals surface area contributed by atoms with Crippen LogP contribution < -0.4 is 5.73 Å². The van der Waals surface area contributed by atoms with Crippen LogP contribution >= 0.6 is 23.4 Å². The van der Waals surface area contributed by atoms with E-state index in [4.69, 9.17) is 10.3 Å². The standard InChI is InChI=1S/C14H11N5O2S2/c1-8-6-7-22-11(8)12(20)19-13(15)17-14(18-19)16-9-2-4-10(23-21)5-3-9/h2-7H,1H3,(H2-,15,16,17,21)/p+1. The third-order valence-corrected chi connectivity index (χ3v) is 4.53. The van der Waals surface area contributed by atoms with Gasteiger partial charge in [-0.15, -0.1) is 11.3 Å². The molecule has 1 aromatic heterocycles. The van der Waals surface area contributed by atoms with Crippen LogP contribution in [0.1, 0.15) is 15.2 Å². The molecule has 0 unspecified atom stereocenters. The third kappa shape index (κ3) is 3.21. The van der Waals surface area contributed by atoms with Crippen LogP contribution in [0.2, 0.25) is 0 Å². The summed E-state index contributed by atoms with van der Waals surface area (Å²) < 4.78 is 9.99. The molecule has 0 saturated heterocycles. The molecule has 116 valence electrons. The van der Waals surface area contributed by atoms with Gasteiger partial charge < -0.3 is 4.55 Å². The van der Waals surface area contributed by atoms with E-state index in [0.29, 0.717) is 27.5 Å². The second-order valence-electron chi connectivity index (χ2n) is 4.62. The van der Waals surface area contributed by atoms with E-state index < -0.39 is 0 Å². The molecule has 0 radical (unpaired) electrons. The number of carbonyl (C=O) groups is 1. The van der Waals surface area contributed by atoms with Crippen molar-refractivity contribution in [2.24, 2.45) is 20.8 Å². The van der Waals surface area contributed by atoms with Crippen molar-refractivity contribution < 1.29 is 14.0 Å². The highest BCUT2D eigenvalue weighted by Crippen LogP contribution is 2.21. The summed E-state index contributed by atoms with van der Waals surface area (Å²) in [5.41, 5.74) is 7.24. The number of azo groups is 2. The zero-order valence-electron chi connectivity index (χ0n) is 12.0. The molecule has 3 N–H and O–H groups in total. The van der Waals surface area contributed by atoms with Crippen LogP contribution in [0.25, 0.3) is 0 Å². The summed E-state index contributed by atoms with van der Waals surface area (Å²) in [5, 5.41) is 5.90. The van der Waals surface area contributed by atoms with Gasteiger partial charge in [-0.2, -0.15) is 4.99 Å². The number of hydrogen-bond acceptors (Lipinski definition) is 6. The normalized spacial score (nSPS) is 15.7. The summed E-state index contributed by atoms with van der Waals surface area (Å²) in [6.07, 6.45) is 0. The molecule has 1 aromatic carbocycles. The predicted octanol–water partition coefficient (Wildman–Crippen LogP) is 3.24. The molecule has 9 heteroatoms. The van der Waals surface area contributed by atoms with Gasteiger partial charge in [-0.25, -0.2) is 4.79 Å². The predicted molar refractivity (Wildman–Crippen MR) is 89.7 cm³/mol. The Morgan fingerprint density at radius 2 is 2.09 bits per heavy atom. The largest absolute Gasteiger partial charge is 0.420 e. The average Bonchev–Trinajstić information content (AvgIpc) is 3.13. The summed E-state index contributed by atoms with van der Waals surface area (Å²) in [4.78, 5) is 21.9. The number of rotatable bonds is 3. The number of carbonyl (C=O) groups excluding carboxylic acids is 1. The molecule has 2 heterocycles. The van der Waals surface area contributed by atoms with E-state index in [-0.39, 0.29) is 17.8 Å². The molecule has 0 fully saturated rings. The zero-order valence-corrected chi connectivity index (χ0v) is 13.6. The molecule has 0 bridgehead atoms. The van der Waals surface area contributed by atoms with Crippen LogP contribution in [0.4, 0.5) is 5.69 Å². The van der Waals surface area contributed by atoms with Crippen molar-refractivity contribution in [3.05, 3.63) is 46.2 Å². The molecule has 23 heavy (non-hydrogen) atoms. The summed E-state index contributed by atoms with van der Waals surface area (Å²) in [7, 11) is 0. The fourth-order valence-electron chi connectivity index (χ4n) is 1.89. The maximum absolute atomic E-state index is 12.4. The summed E-state index contributed by atoms with van der Waals surface area (Å²) in [6, 6.07) is 8.70. The molecular weight excluding hydrogens is 334 g/mol. The Balaban J connectivity index is 1.88. The number of guanidine groups is 2. The van der Waals surface area contributed by atoms with Gasteiger partial charge in [0.2, 0.25) is 0 Å². The van der Waals surface area contributed by atoms with Crippen LogP contribution in [-0.4, -0.2) is 27.1 Å². The minimum Gasteiger partial charge on any atom is -0.325 e. The Morgan fingerprint density at radius 1 is 1.35 bits per heavy atom. The van der Waals surface area contributed by atoms with Crippen molar-refractivity contribution in [1.29, 1.82) is 0 Å². The Hall–Kier alpha value is -2.36. The Morgan fingerprint density at radius 3 is 2.70 bits per heavy atom. The Kier molecular flexibility index (Phi) is 4.33. The lowest BCUT2D eigenvalue weighted by molar-refractivity contribution is -0.369. The number of amides is 1. The van der Waals surface area contributed by atoms with Gasteiger partial charge in [0.1, 0.15) is 4.88 Å². The zero-order chi connectivity index (χ0) is 16.4. The lowest BCUT2D eigenvalue weighted by Crippen LogP contribution is -2.30. The van der Waals surface area contributed by atoms with Gasteiger partial charge in [-0.3, -0.25) is 5.73 Å². The highest BCUT2D eigenvalue weighted by atomic mass is 32.2. The Bertz CT molecular complexity index is 852. The van der Waals surface area contributed by atoms with Crippen molar-refractivity contribution in [1.82, 2.24) is 0 Å². The molecule has 1 aliphatic rings. The first-order chi connectivity index (χ1) is 11.1. The van der Waals surface area contributed by atoms with E-state index in [1.807, 2.05) is 18.4 Å². The Labute approximate surface area is 140 Å². The molecule has 1 aliphatic heterocycles.